The average Bonchev–Trinajstić information content (AvgIpc) is 3.01. The summed E-state index contributed by atoms with van der Waals surface area (Å²) in [5.41, 5.74) is 3.78. The van der Waals surface area contributed by atoms with Crippen LogP contribution in [-0.4, -0.2) is 12.6 Å². The van der Waals surface area contributed by atoms with E-state index in [0.29, 0.717) is 12.4 Å². The van der Waals surface area contributed by atoms with Crippen LogP contribution in [0.4, 0.5) is 0 Å². The Kier molecular flexibility index (Phi) is 3.67. The molecule has 1 aromatic heterocycles. The zero-order chi connectivity index (χ0) is 16.4. The molecule has 4 rings (SSSR count). The number of hydrogen-bond acceptors (Lipinski definition) is 2. The largest absolute Gasteiger partial charge is 0.456 e. The van der Waals surface area contributed by atoms with Crippen molar-refractivity contribution in [1.82, 2.24) is 0 Å². The fraction of sp³-hybridized carbons (Fsp3) is 0.0476. The van der Waals surface area contributed by atoms with Crippen molar-refractivity contribution in [2.75, 3.05) is 0 Å². The molecule has 24 heavy (non-hydrogen) atoms. The van der Waals surface area contributed by atoms with Crippen LogP contribution in [-0.2, 0) is 6.54 Å². The lowest BCUT2D eigenvalue weighted by molar-refractivity contribution is 0.669. The van der Waals surface area contributed by atoms with Crippen molar-refractivity contribution < 1.29 is 4.42 Å². The lowest BCUT2D eigenvalue weighted by Gasteiger charge is -2.02. The number of amidine groups is 1. The van der Waals surface area contributed by atoms with E-state index < -0.39 is 0 Å². The maximum atomic E-state index is 5.93. The Morgan fingerprint density at radius 1 is 0.833 bits per heavy atom. The Labute approximate surface area is 140 Å². The molecule has 0 aliphatic carbocycles. The third-order valence-electron chi connectivity index (χ3n) is 4.04. The summed E-state index contributed by atoms with van der Waals surface area (Å²) in [6, 6.07) is 24.2. The van der Waals surface area contributed by atoms with Crippen molar-refractivity contribution in [1.29, 1.82) is 0 Å². The van der Waals surface area contributed by atoms with Gasteiger partial charge in [0.2, 0.25) is 0 Å². The van der Waals surface area contributed by atoms with Gasteiger partial charge in [0.1, 0.15) is 11.2 Å². The molecule has 0 unspecified atom stereocenters. The number of aliphatic imine (C=N–C) groups is 2. The van der Waals surface area contributed by atoms with Crippen LogP contribution in [0.3, 0.4) is 0 Å². The van der Waals surface area contributed by atoms with Gasteiger partial charge in [-0.2, -0.15) is 0 Å². The molecule has 116 valence electrons. The molecule has 0 aliphatic heterocycles. The molecule has 0 fully saturated rings. The Morgan fingerprint density at radius 3 is 2.42 bits per heavy atom. The number of rotatable bonds is 3. The van der Waals surface area contributed by atoms with Gasteiger partial charge < -0.3 is 4.42 Å². The van der Waals surface area contributed by atoms with Crippen molar-refractivity contribution in [3.63, 3.8) is 0 Å². The summed E-state index contributed by atoms with van der Waals surface area (Å²) in [5, 5.41) is 2.22. The lowest BCUT2D eigenvalue weighted by Crippen LogP contribution is -1.97. The van der Waals surface area contributed by atoms with Crippen molar-refractivity contribution >= 4 is 34.5 Å². The summed E-state index contributed by atoms with van der Waals surface area (Å²) in [6.45, 7) is 4.24. The zero-order valence-corrected chi connectivity index (χ0v) is 13.1. The second-order valence-corrected chi connectivity index (χ2v) is 5.59. The van der Waals surface area contributed by atoms with E-state index in [1.807, 2.05) is 60.7 Å². The van der Waals surface area contributed by atoms with Crippen molar-refractivity contribution in [2.24, 2.45) is 9.98 Å². The Bertz CT molecular complexity index is 1050. The molecule has 0 saturated carbocycles. The number of para-hydroxylation sites is 1. The van der Waals surface area contributed by atoms with Crippen LogP contribution in [0.25, 0.3) is 21.9 Å². The highest BCUT2D eigenvalue weighted by molar-refractivity contribution is 6.09. The minimum absolute atomic E-state index is 0.577. The first-order chi connectivity index (χ1) is 11.8. The van der Waals surface area contributed by atoms with Gasteiger partial charge in [-0.05, 0) is 30.5 Å². The monoisotopic (exact) mass is 312 g/mol. The van der Waals surface area contributed by atoms with Crippen LogP contribution in [0, 0.1) is 0 Å². The van der Waals surface area contributed by atoms with Gasteiger partial charge in [-0.3, -0.25) is 4.99 Å². The summed E-state index contributed by atoms with van der Waals surface area (Å²) in [4.78, 5) is 8.68. The molecule has 0 N–H and O–H groups in total. The summed E-state index contributed by atoms with van der Waals surface area (Å²) < 4.78 is 5.93. The Balaban J connectivity index is 1.73. The number of fused-ring (bicyclic) bond motifs is 3. The molecule has 0 aliphatic rings. The van der Waals surface area contributed by atoms with E-state index in [0.717, 1.165) is 33.1 Å². The second kappa shape index (κ2) is 6.13. The standard InChI is InChI=1S/C21H16N2O/c1-22-21(23-14-15-7-3-2-4-8-15)16-11-12-18-17-9-5-6-10-19(17)24-20(18)13-16/h2-13H,1,14H2. The first-order valence-electron chi connectivity index (χ1n) is 7.82. The van der Waals surface area contributed by atoms with Crippen molar-refractivity contribution in [3.8, 4) is 0 Å². The van der Waals surface area contributed by atoms with E-state index >= 15 is 0 Å². The predicted molar refractivity (Wildman–Crippen MR) is 100.0 cm³/mol. The van der Waals surface area contributed by atoms with E-state index in [9.17, 15) is 0 Å². The molecule has 0 bridgehead atoms. The highest BCUT2D eigenvalue weighted by Gasteiger charge is 2.09. The van der Waals surface area contributed by atoms with Crippen molar-refractivity contribution in [2.45, 2.75) is 6.54 Å². The maximum absolute atomic E-state index is 5.93. The van der Waals surface area contributed by atoms with Crippen LogP contribution < -0.4 is 0 Å². The molecule has 0 spiro atoms. The van der Waals surface area contributed by atoms with Crippen molar-refractivity contribution in [3.05, 3.63) is 83.9 Å². The molecular formula is C21H16N2O. The summed E-state index contributed by atoms with van der Waals surface area (Å²) in [6.07, 6.45) is 0. The fourth-order valence-electron chi connectivity index (χ4n) is 2.85. The zero-order valence-electron chi connectivity index (χ0n) is 13.1. The van der Waals surface area contributed by atoms with Gasteiger partial charge in [-0.25, -0.2) is 4.99 Å². The topological polar surface area (TPSA) is 37.9 Å². The van der Waals surface area contributed by atoms with E-state index in [1.165, 1.54) is 0 Å². The third-order valence-corrected chi connectivity index (χ3v) is 4.04. The van der Waals surface area contributed by atoms with Crippen LogP contribution in [0.5, 0.6) is 0 Å². The SMILES string of the molecule is C=NC(=NCc1ccccc1)c1ccc2c(c1)oc1ccccc12. The quantitative estimate of drug-likeness (QED) is 0.377. The molecule has 3 nitrogen and oxygen atoms in total. The summed E-state index contributed by atoms with van der Waals surface area (Å²) >= 11 is 0. The fourth-order valence-corrected chi connectivity index (χ4v) is 2.85. The summed E-state index contributed by atoms with van der Waals surface area (Å²) in [7, 11) is 0. The minimum Gasteiger partial charge on any atom is -0.456 e. The number of benzene rings is 3. The van der Waals surface area contributed by atoms with Gasteiger partial charge in [0, 0.05) is 16.3 Å². The van der Waals surface area contributed by atoms with E-state index in [-0.39, 0.29) is 0 Å². The highest BCUT2D eigenvalue weighted by atomic mass is 16.3. The van der Waals surface area contributed by atoms with E-state index in [2.05, 4.69) is 28.8 Å². The number of nitrogens with zero attached hydrogens (tertiary/aromatic N) is 2. The Hall–Kier alpha value is -3.20. The first kappa shape index (κ1) is 14.4. The smallest absolute Gasteiger partial charge is 0.154 e. The van der Waals surface area contributed by atoms with Gasteiger partial charge in [-0.1, -0.05) is 54.6 Å². The average molecular weight is 312 g/mol. The predicted octanol–water partition coefficient (Wildman–Crippen LogP) is 5.23. The molecule has 3 heteroatoms. The van der Waals surface area contributed by atoms with Crippen LogP contribution >= 0.6 is 0 Å². The lowest BCUT2D eigenvalue weighted by atomic mass is 10.1. The van der Waals surface area contributed by atoms with Crippen LogP contribution in [0.2, 0.25) is 0 Å². The Morgan fingerprint density at radius 2 is 1.58 bits per heavy atom. The molecule has 3 aromatic carbocycles. The first-order valence-corrected chi connectivity index (χ1v) is 7.82. The highest BCUT2D eigenvalue weighted by Crippen LogP contribution is 2.29. The van der Waals surface area contributed by atoms with E-state index in [4.69, 9.17) is 4.42 Å². The molecule has 0 atom stereocenters. The second-order valence-electron chi connectivity index (χ2n) is 5.59. The van der Waals surface area contributed by atoms with Crippen LogP contribution in [0.1, 0.15) is 11.1 Å². The molecular weight excluding hydrogens is 296 g/mol. The molecule has 1 heterocycles. The third kappa shape index (κ3) is 2.61. The van der Waals surface area contributed by atoms with Gasteiger partial charge in [0.05, 0.1) is 6.54 Å². The maximum Gasteiger partial charge on any atom is 0.154 e. The van der Waals surface area contributed by atoms with Gasteiger partial charge in [0.15, 0.2) is 5.84 Å². The molecule has 4 aromatic rings. The van der Waals surface area contributed by atoms with Gasteiger partial charge in [-0.15, -0.1) is 0 Å². The number of furan rings is 1. The molecule has 0 amide bonds. The van der Waals surface area contributed by atoms with Crippen LogP contribution in [0.15, 0.2) is 87.2 Å². The molecule has 0 radical (unpaired) electrons. The normalized spacial score (nSPS) is 11.9. The minimum atomic E-state index is 0.577. The van der Waals surface area contributed by atoms with Gasteiger partial charge >= 0.3 is 0 Å². The summed E-state index contributed by atoms with van der Waals surface area (Å²) in [5.74, 6) is 0.626. The number of hydrogen-bond donors (Lipinski definition) is 0. The molecule has 0 saturated heterocycles. The van der Waals surface area contributed by atoms with Gasteiger partial charge in [0.25, 0.3) is 0 Å². The van der Waals surface area contributed by atoms with E-state index in [1.54, 1.807) is 0 Å².